The highest BCUT2D eigenvalue weighted by molar-refractivity contribution is 7.89. The van der Waals surface area contributed by atoms with Crippen molar-refractivity contribution in [2.24, 2.45) is 0 Å². The lowest BCUT2D eigenvalue weighted by atomic mass is 9.81. The Kier molecular flexibility index (Phi) is 6.36. The predicted molar refractivity (Wildman–Crippen MR) is 111 cm³/mol. The molecule has 0 atom stereocenters. The van der Waals surface area contributed by atoms with Gasteiger partial charge < -0.3 is 15.5 Å². The summed E-state index contributed by atoms with van der Waals surface area (Å²) in [6.45, 7) is 1.34. The molecule has 7 nitrogen and oxygen atoms in total. The molecule has 3 rings (SSSR count). The number of sulfonamides is 1. The number of carbonyl (C=O) groups is 1. The van der Waals surface area contributed by atoms with E-state index in [1.54, 1.807) is 6.07 Å². The van der Waals surface area contributed by atoms with Crippen LogP contribution in [-0.4, -0.2) is 30.6 Å². The van der Waals surface area contributed by atoms with E-state index < -0.39 is 10.0 Å². The molecule has 0 bridgehead atoms. The molecule has 0 unspecified atom stereocenters. The predicted octanol–water partition coefficient (Wildman–Crippen LogP) is 3.71. The topological polar surface area (TPSA) is 116 Å². The van der Waals surface area contributed by atoms with E-state index in [0.29, 0.717) is 31.4 Å². The van der Waals surface area contributed by atoms with Crippen LogP contribution in [0.15, 0.2) is 41.3 Å². The number of hydrogen-bond donors (Lipinski definition) is 4. The van der Waals surface area contributed by atoms with Crippen molar-refractivity contribution in [2.45, 2.75) is 49.5 Å². The van der Waals surface area contributed by atoms with Crippen LogP contribution in [0, 0.1) is 0 Å². The third kappa shape index (κ3) is 5.20. The summed E-state index contributed by atoms with van der Waals surface area (Å²) in [5, 5.41) is 22.2. The van der Waals surface area contributed by atoms with Crippen molar-refractivity contribution < 1.29 is 23.4 Å². The SMILES string of the molecule is CC(=O)Nc1ccc(S(=O)(=O)NC2CCC(c3ccc(O)cc3O)CC2)cc1Cl. The third-order valence-corrected chi connectivity index (χ3v) is 6.90. The minimum Gasteiger partial charge on any atom is -0.508 e. The average molecular weight is 439 g/mol. The molecule has 2 aromatic rings. The molecule has 1 saturated carbocycles. The number of nitrogens with one attached hydrogen (secondary N) is 2. The molecule has 0 radical (unpaired) electrons. The summed E-state index contributed by atoms with van der Waals surface area (Å²) in [4.78, 5) is 11.2. The van der Waals surface area contributed by atoms with Gasteiger partial charge in [-0.3, -0.25) is 4.79 Å². The number of hydrogen-bond acceptors (Lipinski definition) is 5. The van der Waals surface area contributed by atoms with Crippen LogP contribution in [0.1, 0.15) is 44.1 Å². The third-order valence-electron chi connectivity index (χ3n) is 5.06. The van der Waals surface area contributed by atoms with Crippen molar-refractivity contribution in [1.29, 1.82) is 0 Å². The number of carbonyl (C=O) groups excluding carboxylic acids is 1. The van der Waals surface area contributed by atoms with Crippen molar-refractivity contribution in [3.63, 3.8) is 0 Å². The first-order valence-electron chi connectivity index (χ1n) is 9.27. The maximum absolute atomic E-state index is 12.7. The van der Waals surface area contributed by atoms with Crippen molar-refractivity contribution >= 4 is 33.2 Å². The second-order valence-corrected chi connectivity index (χ2v) is 9.36. The highest BCUT2D eigenvalue weighted by Gasteiger charge is 2.28. The van der Waals surface area contributed by atoms with Gasteiger partial charge in [0.2, 0.25) is 15.9 Å². The fourth-order valence-corrected chi connectivity index (χ4v) is 5.26. The van der Waals surface area contributed by atoms with Gasteiger partial charge in [-0.15, -0.1) is 0 Å². The van der Waals surface area contributed by atoms with Gasteiger partial charge in [-0.05, 0) is 61.4 Å². The number of anilines is 1. The van der Waals surface area contributed by atoms with Gasteiger partial charge in [-0.25, -0.2) is 13.1 Å². The van der Waals surface area contributed by atoms with Crippen LogP contribution in [-0.2, 0) is 14.8 Å². The molecule has 156 valence electrons. The van der Waals surface area contributed by atoms with Gasteiger partial charge in [0.05, 0.1) is 15.6 Å². The second-order valence-electron chi connectivity index (χ2n) is 7.24. The molecule has 29 heavy (non-hydrogen) atoms. The Labute approximate surface area is 174 Å². The van der Waals surface area contributed by atoms with Crippen LogP contribution in [0.3, 0.4) is 0 Å². The molecular formula is C20H23ClN2O5S. The van der Waals surface area contributed by atoms with E-state index in [1.807, 2.05) is 0 Å². The first kappa shape index (κ1) is 21.4. The zero-order valence-electron chi connectivity index (χ0n) is 15.9. The number of halogens is 1. The molecule has 0 heterocycles. The smallest absolute Gasteiger partial charge is 0.240 e. The minimum absolute atomic E-state index is 0.0101. The molecule has 1 fully saturated rings. The molecule has 9 heteroatoms. The summed E-state index contributed by atoms with van der Waals surface area (Å²) in [6, 6.07) is 8.52. The Bertz CT molecular complexity index is 1020. The minimum atomic E-state index is -3.75. The standard InChI is InChI=1S/C20H23ClN2O5S/c1-12(24)22-19-9-7-16(11-18(19)21)29(27,28)23-14-4-2-13(3-5-14)17-8-6-15(25)10-20(17)26/h6-11,13-14,23,25-26H,2-5H2,1H3,(H,22,24). The van der Waals surface area contributed by atoms with E-state index in [-0.39, 0.29) is 39.3 Å². The highest BCUT2D eigenvalue weighted by Crippen LogP contribution is 2.38. The first-order valence-corrected chi connectivity index (χ1v) is 11.1. The largest absolute Gasteiger partial charge is 0.508 e. The molecule has 0 saturated heterocycles. The highest BCUT2D eigenvalue weighted by atomic mass is 35.5. The second kappa shape index (κ2) is 8.61. The number of aromatic hydroxyl groups is 2. The number of phenols is 2. The van der Waals surface area contributed by atoms with Crippen molar-refractivity contribution in [3.8, 4) is 11.5 Å². The van der Waals surface area contributed by atoms with Crippen LogP contribution in [0.2, 0.25) is 5.02 Å². The van der Waals surface area contributed by atoms with Crippen molar-refractivity contribution in [3.05, 3.63) is 47.0 Å². The van der Waals surface area contributed by atoms with E-state index in [0.717, 1.165) is 5.56 Å². The molecule has 0 spiro atoms. The van der Waals surface area contributed by atoms with Crippen LogP contribution < -0.4 is 10.0 Å². The van der Waals surface area contributed by atoms with E-state index in [9.17, 15) is 23.4 Å². The lowest BCUT2D eigenvalue weighted by molar-refractivity contribution is -0.114. The van der Waals surface area contributed by atoms with Gasteiger partial charge in [-0.2, -0.15) is 0 Å². The Morgan fingerprint density at radius 3 is 2.34 bits per heavy atom. The van der Waals surface area contributed by atoms with Gasteiger partial charge in [0, 0.05) is 19.0 Å². The van der Waals surface area contributed by atoms with Gasteiger partial charge in [0.15, 0.2) is 0 Å². The van der Waals surface area contributed by atoms with Crippen LogP contribution >= 0.6 is 11.6 Å². The molecule has 1 amide bonds. The molecule has 1 aliphatic rings. The van der Waals surface area contributed by atoms with Gasteiger partial charge in [0.1, 0.15) is 11.5 Å². The van der Waals surface area contributed by atoms with Crippen LogP contribution in [0.5, 0.6) is 11.5 Å². The van der Waals surface area contributed by atoms with Gasteiger partial charge in [0.25, 0.3) is 0 Å². The Morgan fingerprint density at radius 1 is 1.07 bits per heavy atom. The first-order chi connectivity index (χ1) is 13.7. The number of phenolic OH excluding ortho intramolecular Hbond substituents is 2. The van der Waals surface area contributed by atoms with Gasteiger partial charge >= 0.3 is 0 Å². The summed E-state index contributed by atoms with van der Waals surface area (Å²) in [6.07, 6.45) is 2.69. The number of amides is 1. The summed E-state index contributed by atoms with van der Waals surface area (Å²) in [5.41, 5.74) is 1.12. The van der Waals surface area contributed by atoms with Crippen molar-refractivity contribution in [2.75, 3.05) is 5.32 Å². The fraction of sp³-hybridized carbons (Fsp3) is 0.350. The summed E-state index contributed by atoms with van der Waals surface area (Å²) in [5.74, 6) is -0.112. The lowest BCUT2D eigenvalue weighted by Crippen LogP contribution is -2.37. The summed E-state index contributed by atoms with van der Waals surface area (Å²) < 4.78 is 28.1. The molecular weight excluding hydrogens is 416 g/mol. The molecule has 0 aromatic heterocycles. The van der Waals surface area contributed by atoms with E-state index >= 15 is 0 Å². The number of benzene rings is 2. The normalized spacial score (nSPS) is 19.7. The summed E-state index contributed by atoms with van der Waals surface area (Å²) in [7, 11) is -3.75. The molecule has 0 aliphatic heterocycles. The van der Waals surface area contributed by atoms with Crippen LogP contribution in [0.25, 0.3) is 0 Å². The Hall–Kier alpha value is -2.29. The number of rotatable bonds is 5. The summed E-state index contributed by atoms with van der Waals surface area (Å²) >= 11 is 6.09. The molecule has 2 aromatic carbocycles. The lowest BCUT2D eigenvalue weighted by Gasteiger charge is -2.29. The monoisotopic (exact) mass is 438 g/mol. The average Bonchev–Trinajstić information content (AvgIpc) is 2.63. The van der Waals surface area contributed by atoms with Gasteiger partial charge in [-0.1, -0.05) is 17.7 Å². The van der Waals surface area contributed by atoms with E-state index in [4.69, 9.17) is 11.6 Å². The maximum Gasteiger partial charge on any atom is 0.240 e. The Morgan fingerprint density at radius 2 is 1.76 bits per heavy atom. The zero-order chi connectivity index (χ0) is 21.2. The fourth-order valence-electron chi connectivity index (χ4n) is 3.64. The zero-order valence-corrected chi connectivity index (χ0v) is 17.4. The van der Waals surface area contributed by atoms with E-state index in [1.165, 1.54) is 37.3 Å². The van der Waals surface area contributed by atoms with Crippen molar-refractivity contribution in [1.82, 2.24) is 4.72 Å². The Balaban J connectivity index is 1.65. The maximum atomic E-state index is 12.7. The van der Waals surface area contributed by atoms with Crippen LogP contribution in [0.4, 0.5) is 5.69 Å². The van der Waals surface area contributed by atoms with E-state index in [2.05, 4.69) is 10.0 Å². The quantitative estimate of drug-likeness (QED) is 0.567. The molecule has 4 N–H and O–H groups in total. The molecule has 1 aliphatic carbocycles.